The van der Waals surface area contributed by atoms with Crippen LogP contribution in [0.3, 0.4) is 0 Å². The first-order valence-electron chi connectivity index (χ1n) is 7.25. The lowest BCUT2D eigenvalue weighted by Gasteiger charge is -2.58. The lowest BCUT2D eigenvalue weighted by molar-refractivity contribution is -0.0859. The SMILES string of the molecule is CC(C)N1CCC(C(C)(C)C)(C(C)(C)C)CC1. The molecule has 0 aliphatic carbocycles. The summed E-state index contributed by atoms with van der Waals surface area (Å²) in [4.78, 5) is 2.63. The summed E-state index contributed by atoms with van der Waals surface area (Å²) < 4.78 is 0. The zero-order valence-electron chi connectivity index (χ0n) is 13.4. The van der Waals surface area contributed by atoms with Gasteiger partial charge in [-0.2, -0.15) is 0 Å². The lowest BCUT2D eigenvalue weighted by Crippen LogP contribution is -2.54. The van der Waals surface area contributed by atoms with Crippen LogP contribution in [0.15, 0.2) is 0 Å². The predicted octanol–water partition coefficient (Wildman–Crippen LogP) is 4.57. The molecule has 0 spiro atoms. The summed E-state index contributed by atoms with van der Waals surface area (Å²) in [6, 6.07) is 0.702. The van der Waals surface area contributed by atoms with Gasteiger partial charge in [0.1, 0.15) is 0 Å². The van der Waals surface area contributed by atoms with Crippen LogP contribution in [0.2, 0.25) is 0 Å². The van der Waals surface area contributed by atoms with Crippen molar-refractivity contribution in [2.45, 2.75) is 74.3 Å². The largest absolute Gasteiger partial charge is 0.301 e. The molecule has 1 heterocycles. The van der Waals surface area contributed by atoms with Crippen LogP contribution >= 0.6 is 0 Å². The van der Waals surface area contributed by atoms with E-state index < -0.39 is 0 Å². The van der Waals surface area contributed by atoms with Crippen molar-refractivity contribution in [2.24, 2.45) is 16.2 Å². The van der Waals surface area contributed by atoms with Crippen LogP contribution in [0.25, 0.3) is 0 Å². The number of likely N-dealkylation sites (tertiary alicyclic amines) is 1. The fraction of sp³-hybridized carbons (Fsp3) is 1.00. The molecule has 1 aliphatic rings. The van der Waals surface area contributed by atoms with Gasteiger partial charge >= 0.3 is 0 Å². The first-order chi connectivity index (χ1) is 7.51. The van der Waals surface area contributed by atoms with Gasteiger partial charge in [-0.05, 0) is 56.0 Å². The summed E-state index contributed by atoms with van der Waals surface area (Å²) >= 11 is 0. The molecule has 0 saturated carbocycles. The third-order valence-corrected chi connectivity index (χ3v) is 5.25. The maximum Gasteiger partial charge on any atom is 0.00385 e. The third kappa shape index (κ3) is 2.70. The highest BCUT2D eigenvalue weighted by Crippen LogP contribution is 2.57. The molecule has 0 N–H and O–H groups in total. The average Bonchev–Trinajstić information content (AvgIpc) is 2.14. The molecule has 0 radical (unpaired) electrons. The highest BCUT2D eigenvalue weighted by Gasteiger charge is 2.51. The number of nitrogens with zero attached hydrogens (tertiary/aromatic N) is 1. The van der Waals surface area contributed by atoms with Crippen molar-refractivity contribution in [3.63, 3.8) is 0 Å². The van der Waals surface area contributed by atoms with Gasteiger partial charge in [-0.3, -0.25) is 0 Å². The molecular weight excluding hydrogens is 206 g/mol. The molecule has 0 unspecified atom stereocenters. The summed E-state index contributed by atoms with van der Waals surface area (Å²) in [6.45, 7) is 21.8. The molecule has 0 bridgehead atoms. The molecule has 17 heavy (non-hydrogen) atoms. The van der Waals surface area contributed by atoms with Crippen LogP contribution in [0.4, 0.5) is 0 Å². The van der Waals surface area contributed by atoms with Crippen molar-refractivity contribution in [2.75, 3.05) is 13.1 Å². The molecule has 0 aromatic carbocycles. The van der Waals surface area contributed by atoms with Crippen LogP contribution in [0, 0.1) is 16.2 Å². The van der Waals surface area contributed by atoms with Gasteiger partial charge in [-0.1, -0.05) is 41.5 Å². The minimum Gasteiger partial charge on any atom is -0.301 e. The maximum atomic E-state index is 2.63. The van der Waals surface area contributed by atoms with Crippen molar-refractivity contribution in [1.82, 2.24) is 4.90 Å². The molecule has 1 aliphatic heterocycles. The zero-order chi connectivity index (χ0) is 13.5. The predicted molar refractivity (Wildman–Crippen MR) is 77.3 cm³/mol. The Labute approximate surface area is 109 Å². The molecule has 1 nitrogen and oxygen atoms in total. The van der Waals surface area contributed by atoms with E-state index in [0.717, 1.165) is 0 Å². The van der Waals surface area contributed by atoms with E-state index in [0.29, 0.717) is 22.3 Å². The van der Waals surface area contributed by atoms with Crippen molar-refractivity contribution < 1.29 is 0 Å². The average molecular weight is 239 g/mol. The van der Waals surface area contributed by atoms with Crippen LogP contribution in [-0.4, -0.2) is 24.0 Å². The van der Waals surface area contributed by atoms with E-state index in [1.54, 1.807) is 0 Å². The molecule has 1 saturated heterocycles. The lowest BCUT2D eigenvalue weighted by atomic mass is 9.50. The van der Waals surface area contributed by atoms with Gasteiger partial charge in [0, 0.05) is 6.04 Å². The highest BCUT2D eigenvalue weighted by molar-refractivity contribution is 5.01. The molecule has 1 rings (SSSR count). The molecule has 0 amide bonds. The zero-order valence-corrected chi connectivity index (χ0v) is 13.4. The van der Waals surface area contributed by atoms with Crippen LogP contribution in [0.5, 0.6) is 0 Å². The number of rotatable bonds is 1. The van der Waals surface area contributed by atoms with Crippen LogP contribution in [0.1, 0.15) is 68.2 Å². The minimum atomic E-state index is 0.397. The normalized spacial score (nSPS) is 23.1. The molecule has 0 aromatic heterocycles. The summed E-state index contributed by atoms with van der Waals surface area (Å²) in [7, 11) is 0. The Kier molecular flexibility index (Phi) is 4.04. The summed E-state index contributed by atoms with van der Waals surface area (Å²) in [6.07, 6.45) is 2.69. The van der Waals surface area contributed by atoms with Crippen molar-refractivity contribution in [1.29, 1.82) is 0 Å². The van der Waals surface area contributed by atoms with Crippen LogP contribution < -0.4 is 0 Å². The Hall–Kier alpha value is -0.0400. The number of hydrogen-bond donors (Lipinski definition) is 0. The molecule has 1 fully saturated rings. The first kappa shape index (κ1) is 15.0. The second kappa shape index (κ2) is 4.57. The third-order valence-electron chi connectivity index (χ3n) is 5.25. The Morgan fingerprint density at radius 3 is 1.41 bits per heavy atom. The molecule has 0 atom stereocenters. The molecule has 0 aromatic rings. The smallest absolute Gasteiger partial charge is 0.00385 e. The van der Waals surface area contributed by atoms with E-state index in [2.05, 4.69) is 60.3 Å². The Morgan fingerprint density at radius 2 is 1.18 bits per heavy atom. The summed E-state index contributed by atoms with van der Waals surface area (Å²) in [5, 5.41) is 0. The number of piperidine rings is 1. The first-order valence-corrected chi connectivity index (χ1v) is 7.25. The Morgan fingerprint density at radius 1 is 0.824 bits per heavy atom. The molecular formula is C16H33N. The van der Waals surface area contributed by atoms with Crippen molar-refractivity contribution in [3.8, 4) is 0 Å². The summed E-state index contributed by atoms with van der Waals surface area (Å²) in [5.74, 6) is 0. The second-order valence-electron chi connectivity index (χ2n) is 8.21. The van der Waals surface area contributed by atoms with Gasteiger partial charge in [0.15, 0.2) is 0 Å². The van der Waals surface area contributed by atoms with E-state index in [4.69, 9.17) is 0 Å². The topological polar surface area (TPSA) is 3.24 Å². The second-order valence-corrected chi connectivity index (χ2v) is 8.21. The van der Waals surface area contributed by atoms with Crippen molar-refractivity contribution in [3.05, 3.63) is 0 Å². The number of hydrogen-bond acceptors (Lipinski definition) is 1. The fourth-order valence-electron chi connectivity index (χ4n) is 4.05. The van der Waals surface area contributed by atoms with E-state index >= 15 is 0 Å². The Bertz CT molecular complexity index is 228. The maximum absolute atomic E-state index is 2.63. The van der Waals surface area contributed by atoms with Gasteiger partial charge in [-0.25, -0.2) is 0 Å². The van der Waals surface area contributed by atoms with Gasteiger partial charge in [-0.15, -0.1) is 0 Å². The minimum absolute atomic E-state index is 0.397. The molecule has 1 heteroatoms. The highest BCUT2D eigenvalue weighted by atomic mass is 15.2. The summed E-state index contributed by atoms with van der Waals surface area (Å²) in [5.41, 5.74) is 1.27. The van der Waals surface area contributed by atoms with E-state index in [1.807, 2.05) is 0 Å². The van der Waals surface area contributed by atoms with Gasteiger partial charge < -0.3 is 4.90 Å². The van der Waals surface area contributed by atoms with E-state index in [-0.39, 0.29) is 0 Å². The quantitative estimate of drug-likeness (QED) is 0.648. The Balaban J connectivity index is 2.92. The monoisotopic (exact) mass is 239 g/mol. The van der Waals surface area contributed by atoms with Gasteiger partial charge in [0.2, 0.25) is 0 Å². The standard InChI is InChI=1S/C16H33N/c1-13(2)17-11-9-16(10-12-17,14(3,4)5)15(6,7)8/h13H,9-12H2,1-8H3. The van der Waals surface area contributed by atoms with E-state index in [1.165, 1.54) is 25.9 Å². The van der Waals surface area contributed by atoms with Gasteiger partial charge in [0.05, 0.1) is 0 Å². The van der Waals surface area contributed by atoms with Crippen LogP contribution in [-0.2, 0) is 0 Å². The van der Waals surface area contributed by atoms with Crippen molar-refractivity contribution >= 4 is 0 Å². The molecule has 102 valence electrons. The fourth-order valence-corrected chi connectivity index (χ4v) is 4.05. The van der Waals surface area contributed by atoms with E-state index in [9.17, 15) is 0 Å². The van der Waals surface area contributed by atoms with Gasteiger partial charge in [0.25, 0.3) is 0 Å².